The molecule has 2 nitrogen and oxygen atoms in total. The highest BCUT2D eigenvalue weighted by Crippen LogP contribution is 2.20. The van der Waals surface area contributed by atoms with Crippen LogP contribution in [0.2, 0.25) is 0 Å². The Kier molecular flexibility index (Phi) is 3.56. The number of rotatable bonds is 4. The van der Waals surface area contributed by atoms with E-state index in [9.17, 15) is 0 Å². The fourth-order valence-electron chi connectivity index (χ4n) is 1.97. The van der Waals surface area contributed by atoms with Crippen LogP contribution in [0.5, 0.6) is 0 Å². The number of ether oxygens (including phenoxy) is 1. The molecule has 0 spiro atoms. The lowest BCUT2D eigenvalue weighted by Gasteiger charge is -2.14. The molecular weight excluding hydrogens is 194 g/mol. The summed E-state index contributed by atoms with van der Waals surface area (Å²) < 4.78 is 5.34. The number of thiophene rings is 1. The maximum atomic E-state index is 6.10. The standard InChI is InChI=1S/C11H17NOS/c12-10(6-9-3-4-13-8-9)7-11-2-1-5-14-11/h1-2,5,9-10H,3-4,6-8,12H2. The van der Waals surface area contributed by atoms with Crippen molar-refractivity contribution >= 4 is 11.3 Å². The smallest absolute Gasteiger partial charge is 0.0495 e. The fourth-order valence-corrected chi connectivity index (χ4v) is 2.77. The molecule has 0 aromatic carbocycles. The minimum atomic E-state index is 0.306. The van der Waals surface area contributed by atoms with Gasteiger partial charge in [0, 0.05) is 24.1 Å². The molecule has 0 saturated carbocycles. The van der Waals surface area contributed by atoms with E-state index < -0.39 is 0 Å². The summed E-state index contributed by atoms with van der Waals surface area (Å²) in [6.07, 6.45) is 3.32. The van der Waals surface area contributed by atoms with Crippen molar-refractivity contribution in [1.82, 2.24) is 0 Å². The first-order valence-electron chi connectivity index (χ1n) is 5.20. The summed E-state index contributed by atoms with van der Waals surface area (Å²) in [6.45, 7) is 1.84. The van der Waals surface area contributed by atoms with E-state index in [0.717, 1.165) is 26.1 Å². The molecule has 0 amide bonds. The monoisotopic (exact) mass is 211 g/mol. The molecule has 2 unspecified atom stereocenters. The summed E-state index contributed by atoms with van der Waals surface area (Å²) in [7, 11) is 0. The predicted molar refractivity (Wildman–Crippen MR) is 59.5 cm³/mol. The van der Waals surface area contributed by atoms with Crippen molar-refractivity contribution in [2.45, 2.75) is 25.3 Å². The Labute approximate surface area is 89.1 Å². The lowest BCUT2D eigenvalue weighted by molar-refractivity contribution is 0.182. The molecule has 0 aliphatic carbocycles. The van der Waals surface area contributed by atoms with Crippen molar-refractivity contribution in [3.05, 3.63) is 22.4 Å². The summed E-state index contributed by atoms with van der Waals surface area (Å²) >= 11 is 1.80. The zero-order valence-corrected chi connectivity index (χ0v) is 9.13. The minimum absolute atomic E-state index is 0.306. The molecule has 0 bridgehead atoms. The van der Waals surface area contributed by atoms with Crippen LogP contribution in [0.4, 0.5) is 0 Å². The second-order valence-corrected chi connectivity index (χ2v) is 5.04. The summed E-state index contributed by atoms with van der Waals surface area (Å²) in [5, 5.41) is 2.11. The van der Waals surface area contributed by atoms with E-state index >= 15 is 0 Å². The Morgan fingerprint density at radius 2 is 2.57 bits per heavy atom. The lowest BCUT2D eigenvalue weighted by Crippen LogP contribution is -2.25. The molecule has 78 valence electrons. The Morgan fingerprint density at radius 3 is 3.21 bits per heavy atom. The fraction of sp³-hybridized carbons (Fsp3) is 0.636. The van der Waals surface area contributed by atoms with Crippen LogP contribution < -0.4 is 5.73 Å². The van der Waals surface area contributed by atoms with Crippen LogP contribution in [0, 0.1) is 5.92 Å². The molecule has 1 aliphatic rings. The zero-order chi connectivity index (χ0) is 9.80. The van der Waals surface area contributed by atoms with Crippen molar-refractivity contribution in [1.29, 1.82) is 0 Å². The van der Waals surface area contributed by atoms with Gasteiger partial charge < -0.3 is 10.5 Å². The van der Waals surface area contributed by atoms with E-state index in [1.165, 1.54) is 11.3 Å². The average molecular weight is 211 g/mol. The van der Waals surface area contributed by atoms with Crippen molar-refractivity contribution in [2.75, 3.05) is 13.2 Å². The highest BCUT2D eigenvalue weighted by molar-refractivity contribution is 7.09. The van der Waals surface area contributed by atoms with Crippen LogP contribution in [0.1, 0.15) is 17.7 Å². The van der Waals surface area contributed by atoms with Gasteiger partial charge in [0.2, 0.25) is 0 Å². The van der Waals surface area contributed by atoms with Gasteiger partial charge in [-0.1, -0.05) is 6.07 Å². The van der Waals surface area contributed by atoms with E-state index in [4.69, 9.17) is 10.5 Å². The first-order chi connectivity index (χ1) is 6.84. The summed E-state index contributed by atoms with van der Waals surface area (Å²) in [5.74, 6) is 0.699. The Balaban J connectivity index is 1.75. The van der Waals surface area contributed by atoms with Gasteiger partial charge in [0.1, 0.15) is 0 Å². The van der Waals surface area contributed by atoms with E-state index in [2.05, 4.69) is 17.5 Å². The molecule has 2 heterocycles. The van der Waals surface area contributed by atoms with Crippen LogP contribution in [0.25, 0.3) is 0 Å². The van der Waals surface area contributed by atoms with Crippen LogP contribution >= 0.6 is 11.3 Å². The molecule has 2 atom stereocenters. The third kappa shape index (κ3) is 2.80. The minimum Gasteiger partial charge on any atom is -0.381 e. The maximum Gasteiger partial charge on any atom is 0.0495 e. The number of hydrogen-bond acceptors (Lipinski definition) is 3. The highest BCUT2D eigenvalue weighted by atomic mass is 32.1. The molecule has 0 radical (unpaired) electrons. The molecule has 3 heteroatoms. The largest absolute Gasteiger partial charge is 0.381 e. The molecule has 14 heavy (non-hydrogen) atoms. The second-order valence-electron chi connectivity index (χ2n) is 4.01. The van der Waals surface area contributed by atoms with Crippen molar-refractivity contribution in [2.24, 2.45) is 11.7 Å². The van der Waals surface area contributed by atoms with Gasteiger partial charge in [-0.15, -0.1) is 11.3 Å². The number of hydrogen-bond donors (Lipinski definition) is 1. The molecule has 2 rings (SSSR count). The molecule has 1 aromatic rings. The second kappa shape index (κ2) is 4.91. The summed E-state index contributed by atoms with van der Waals surface area (Å²) in [5.41, 5.74) is 6.10. The molecule has 1 saturated heterocycles. The van der Waals surface area contributed by atoms with E-state index in [1.807, 2.05) is 0 Å². The molecule has 1 aromatic heterocycles. The molecule has 2 N–H and O–H groups in total. The third-order valence-corrected chi connectivity index (χ3v) is 3.60. The maximum absolute atomic E-state index is 6.10. The van der Waals surface area contributed by atoms with E-state index in [1.54, 1.807) is 11.3 Å². The van der Waals surface area contributed by atoms with E-state index in [-0.39, 0.29) is 0 Å². The summed E-state index contributed by atoms with van der Waals surface area (Å²) in [4.78, 5) is 1.40. The SMILES string of the molecule is NC(Cc1cccs1)CC1CCOC1. The predicted octanol–water partition coefficient (Wildman–Crippen LogP) is 2.04. The van der Waals surface area contributed by atoms with E-state index in [0.29, 0.717) is 12.0 Å². The van der Waals surface area contributed by atoms with Crippen molar-refractivity contribution in [3.63, 3.8) is 0 Å². The van der Waals surface area contributed by atoms with Gasteiger partial charge in [0.25, 0.3) is 0 Å². The van der Waals surface area contributed by atoms with Crippen molar-refractivity contribution < 1.29 is 4.74 Å². The van der Waals surface area contributed by atoms with Gasteiger partial charge in [0.05, 0.1) is 0 Å². The number of nitrogens with two attached hydrogens (primary N) is 1. The topological polar surface area (TPSA) is 35.2 Å². The van der Waals surface area contributed by atoms with Crippen molar-refractivity contribution in [3.8, 4) is 0 Å². The van der Waals surface area contributed by atoms with Crippen LogP contribution in [-0.2, 0) is 11.2 Å². The molecular formula is C11H17NOS. The Hall–Kier alpha value is -0.380. The van der Waals surface area contributed by atoms with Gasteiger partial charge in [0.15, 0.2) is 0 Å². The lowest BCUT2D eigenvalue weighted by atomic mass is 9.97. The average Bonchev–Trinajstić information content (AvgIpc) is 2.76. The van der Waals surface area contributed by atoms with Crippen LogP contribution in [-0.4, -0.2) is 19.3 Å². The van der Waals surface area contributed by atoms with Gasteiger partial charge in [-0.3, -0.25) is 0 Å². The zero-order valence-electron chi connectivity index (χ0n) is 8.32. The Morgan fingerprint density at radius 1 is 1.64 bits per heavy atom. The van der Waals surface area contributed by atoms with Gasteiger partial charge in [-0.25, -0.2) is 0 Å². The van der Waals surface area contributed by atoms with Gasteiger partial charge >= 0.3 is 0 Å². The quantitative estimate of drug-likeness (QED) is 0.827. The molecule has 1 fully saturated rings. The highest BCUT2D eigenvalue weighted by Gasteiger charge is 2.18. The first kappa shape index (κ1) is 10.1. The van der Waals surface area contributed by atoms with Crippen LogP contribution in [0.3, 0.4) is 0 Å². The van der Waals surface area contributed by atoms with Gasteiger partial charge in [-0.2, -0.15) is 0 Å². The van der Waals surface area contributed by atoms with Gasteiger partial charge in [-0.05, 0) is 36.6 Å². The normalized spacial score (nSPS) is 23.9. The Bertz CT molecular complexity index is 254. The summed E-state index contributed by atoms with van der Waals surface area (Å²) in [6, 6.07) is 4.56. The van der Waals surface area contributed by atoms with Crippen LogP contribution in [0.15, 0.2) is 17.5 Å². The first-order valence-corrected chi connectivity index (χ1v) is 6.08. The third-order valence-electron chi connectivity index (χ3n) is 2.70. The molecule has 1 aliphatic heterocycles.